The molecule has 2 aromatic rings. The summed E-state index contributed by atoms with van der Waals surface area (Å²) in [7, 11) is 1.67. The summed E-state index contributed by atoms with van der Waals surface area (Å²) in [5.41, 5.74) is 1.08. The first-order valence-electron chi connectivity index (χ1n) is 4.33. The van der Waals surface area contributed by atoms with Crippen LogP contribution in [-0.4, -0.2) is 7.11 Å². The number of anilines is 2. The van der Waals surface area contributed by atoms with Gasteiger partial charge in [-0.15, -0.1) is 11.3 Å². The molecular weight excluding hydrogens is 194 g/mol. The smallest absolute Gasteiger partial charge is 0.119 e. The second-order valence-electron chi connectivity index (χ2n) is 2.83. The van der Waals surface area contributed by atoms with Gasteiger partial charge in [0.2, 0.25) is 0 Å². The zero-order valence-corrected chi connectivity index (χ0v) is 8.67. The van der Waals surface area contributed by atoms with E-state index in [-0.39, 0.29) is 0 Å². The Bertz CT molecular complexity index is 380. The van der Waals surface area contributed by atoms with Crippen LogP contribution >= 0.6 is 11.3 Å². The average Bonchev–Trinajstić information content (AvgIpc) is 2.72. The molecule has 0 aliphatic carbocycles. The van der Waals surface area contributed by atoms with Crippen molar-refractivity contribution < 1.29 is 4.74 Å². The fourth-order valence-electron chi connectivity index (χ4n) is 1.17. The monoisotopic (exact) mass is 205 g/mol. The number of thiophene rings is 1. The van der Waals surface area contributed by atoms with E-state index in [0.717, 1.165) is 16.4 Å². The van der Waals surface area contributed by atoms with E-state index in [9.17, 15) is 0 Å². The molecular formula is C11H11NOS. The van der Waals surface area contributed by atoms with Gasteiger partial charge in [0.25, 0.3) is 0 Å². The van der Waals surface area contributed by atoms with E-state index in [4.69, 9.17) is 4.74 Å². The Kier molecular flexibility index (Phi) is 2.70. The van der Waals surface area contributed by atoms with Gasteiger partial charge in [-0.05, 0) is 41.8 Å². The van der Waals surface area contributed by atoms with Gasteiger partial charge in [-0.25, -0.2) is 0 Å². The van der Waals surface area contributed by atoms with Gasteiger partial charge in [0.1, 0.15) is 5.75 Å². The van der Waals surface area contributed by atoms with Gasteiger partial charge in [0.05, 0.1) is 12.1 Å². The van der Waals surface area contributed by atoms with Crippen LogP contribution in [0.3, 0.4) is 0 Å². The Morgan fingerprint density at radius 3 is 2.50 bits per heavy atom. The lowest BCUT2D eigenvalue weighted by molar-refractivity contribution is 0.415. The summed E-state index contributed by atoms with van der Waals surface area (Å²) in [6.45, 7) is 0. The SMILES string of the molecule is COc1ccc(Nc2cccs2)cc1. The lowest BCUT2D eigenvalue weighted by Gasteiger charge is -2.04. The third-order valence-electron chi connectivity index (χ3n) is 1.88. The van der Waals surface area contributed by atoms with Gasteiger partial charge in [0, 0.05) is 5.69 Å². The van der Waals surface area contributed by atoms with E-state index in [2.05, 4.69) is 11.4 Å². The molecule has 0 saturated carbocycles. The first-order chi connectivity index (χ1) is 6.88. The van der Waals surface area contributed by atoms with Gasteiger partial charge in [-0.3, -0.25) is 0 Å². The van der Waals surface area contributed by atoms with Gasteiger partial charge in [0.15, 0.2) is 0 Å². The molecule has 0 unspecified atom stereocenters. The van der Waals surface area contributed by atoms with Crippen molar-refractivity contribution in [3.05, 3.63) is 41.8 Å². The number of hydrogen-bond acceptors (Lipinski definition) is 3. The van der Waals surface area contributed by atoms with Crippen LogP contribution in [0.1, 0.15) is 0 Å². The summed E-state index contributed by atoms with van der Waals surface area (Å²) in [6.07, 6.45) is 0. The molecule has 1 N–H and O–H groups in total. The fraction of sp³-hybridized carbons (Fsp3) is 0.0909. The Morgan fingerprint density at radius 1 is 1.14 bits per heavy atom. The normalized spacial score (nSPS) is 9.79. The summed E-state index contributed by atoms with van der Waals surface area (Å²) in [6, 6.07) is 12.0. The second kappa shape index (κ2) is 4.15. The minimum atomic E-state index is 0.877. The van der Waals surface area contributed by atoms with Crippen LogP contribution in [0.5, 0.6) is 5.75 Å². The molecule has 1 aromatic carbocycles. The minimum absolute atomic E-state index is 0.877. The topological polar surface area (TPSA) is 21.3 Å². The van der Waals surface area contributed by atoms with Crippen LogP contribution in [-0.2, 0) is 0 Å². The van der Waals surface area contributed by atoms with E-state index in [1.165, 1.54) is 0 Å². The molecule has 0 atom stereocenters. The van der Waals surface area contributed by atoms with Gasteiger partial charge in [-0.1, -0.05) is 0 Å². The zero-order valence-electron chi connectivity index (χ0n) is 7.86. The van der Waals surface area contributed by atoms with Gasteiger partial charge < -0.3 is 10.1 Å². The minimum Gasteiger partial charge on any atom is -0.497 e. The quantitative estimate of drug-likeness (QED) is 0.828. The van der Waals surface area contributed by atoms with Crippen molar-refractivity contribution in [2.24, 2.45) is 0 Å². The molecule has 14 heavy (non-hydrogen) atoms. The Hall–Kier alpha value is -1.48. The van der Waals surface area contributed by atoms with E-state index in [1.54, 1.807) is 18.4 Å². The van der Waals surface area contributed by atoms with Crippen molar-refractivity contribution in [1.82, 2.24) is 0 Å². The highest BCUT2D eigenvalue weighted by molar-refractivity contribution is 7.14. The Balaban J connectivity index is 2.10. The first kappa shape index (κ1) is 9.09. The largest absolute Gasteiger partial charge is 0.497 e. The molecule has 3 heteroatoms. The third kappa shape index (κ3) is 2.06. The number of nitrogens with one attached hydrogen (secondary N) is 1. The Morgan fingerprint density at radius 2 is 1.93 bits per heavy atom. The van der Waals surface area contributed by atoms with Crippen molar-refractivity contribution in [2.75, 3.05) is 12.4 Å². The molecule has 0 radical (unpaired) electrons. The van der Waals surface area contributed by atoms with E-state index in [0.29, 0.717) is 0 Å². The van der Waals surface area contributed by atoms with Crippen molar-refractivity contribution in [3.63, 3.8) is 0 Å². The van der Waals surface area contributed by atoms with Crippen molar-refractivity contribution in [1.29, 1.82) is 0 Å². The molecule has 0 amide bonds. The summed E-state index contributed by atoms with van der Waals surface area (Å²) in [5, 5.41) is 6.49. The first-order valence-corrected chi connectivity index (χ1v) is 5.21. The maximum atomic E-state index is 5.08. The van der Waals surface area contributed by atoms with Crippen LogP contribution in [0, 0.1) is 0 Å². The predicted octanol–water partition coefficient (Wildman–Crippen LogP) is 3.50. The van der Waals surface area contributed by atoms with E-state index >= 15 is 0 Å². The van der Waals surface area contributed by atoms with Gasteiger partial charge in [-0.2, -0.15) is 0 Å². The molecule has 0 aliphatic rings. The summed E-state index contributed by atoms with van der Waals surface area (Å²) >= 11 is 1.69. The number of methoxy groups -OCH3 is 1. The Labute approximate surface area is 87.2 Å². The second-order valence-corrected chi connectivity index (χ2v) is 3.78. The predicted molar refractivity (Wildman–Crippen MR) is 60.6 cm³/mol. The maximum absolute atomic E-state index is 5.08. The molecule has 0 aliphatic heterocycles. The maximum Gasteiger partial charge on any atom is 0.119 e. The van der Waals surface area contributed by atoms with Crippen LogP contribution in [0.15, 0.2) is 41.8 Å². The standard InChI is InChI=1S/C11H11NOS/c1-13-10-6-4-9(5-7-10)12-11-3-2-8-14-11/h2-8,12H,1H3. The van der Waals surface area contributed by atoms with E-state index in [1.807, 2.05) is 35.7 Å². The zero-order chi connectivity index (χ0) is 9.80. The van der Waals surface area contributed by atoms with Crippen molar-refractivity contribution in [3.8, 4) is 5.75 Å². The lowest BCUT2D eigenvalue weighted by atomic mass is 10.3. The van der Waals surface area contributed by atoms with Crippen LogP contribution < -0.4 is 10.1 Å². The summed E-state index contributed by atoms with van der Waals surface area (Å²) < 4.78 is 5.08. The molecule has 2 rings (SSSR count). The third-order valence-corrected chi connectivity index (χ3v) is 2.66. The lowest BCUT2D eigenvalue weighted by Crippen LogP contribution is -1.87. The molecule has 1 aromatic heterocycles. The molecule has 1 heterocycles. The summed E-state index contributed by atoms with van der Waals surface area (Å²) in [4.78, 5) is 0. The van der Waals surface area contributed by atoms with E-state index < -0.39 is 0 Å². The van der Waals surface area contributed by atoms with Crippen LogP contribution in [0.2, 0.25) is 0 Å². The van der Waals surface area contributed by atoms with Crippen LogP contribution in [0.4, 0.5) is 10.7 Å². The fourth-order valence-corrected chi connectivity index (χ4v) is 1.80. The highest BCUT2D eigenvalue weighted by Crippen LogP contribution is 2.22. The van der Waals surface area contributed by atoms with Crippen LogP contribution in [0.25, 0.3) is 0 Å². The molecule has 0 bridgehead atoms. The van der Waals surface area contributed by atoms with Crippen molar-refractivity contribution in [2.45, 2.75) is 0 Å². The van der Waals surface area contributed by atoms with Gasteiger partial charge >= 0.3 is 0 Å². The highest BCUT2D eigenvalue weighted by Gasteiger charge is 1.95. The number of benzene rings is 1. The van der Waals surface area contributed by atoms with Crippen molar-refractivity contribution >= 4 is 22.0 Å². The number of ether oxygens (including phenoxy) is 1. The highest BCUT2D eigenvalue weighted by atomic mass is 32.1. The summed E-state index contributed by atoms with van der Waals surface area (Å²) in [5.74, 6) is 0.877. The molecule has 72 valence electrons. The molecule has 0 saturated heterocycles. The average molecular weight is 205 g/mol. The number of hydrogen-bond donors (Lipinski definition) is 1. The number of rotatable bonds is 3. The molecule has 0 fully saturated rings. The molecule has 2 nitrogen and oxygen atoms in total. The molecule has 0 spiro atoms.